The van der Waals surface area contributed by atoms with Gasteiger partial charge in [-0.15, -0.1) is 0 Å². The maximum atomic E-state index is 11.6. The van der Waals surface area contributed by atoms with Gasteiger partial charge in [-0.3, -0.25) is 0 Å². The lowest BCUT2D eigenvalue weighted by atomic mass is 10.3. The van der Waals surface area contributed by atoms with E-state index in [1.165, 1.54) is 0 Å². The second-order valence-electron chi connectivity index (χ2n) is 3.78. The van der Waals surface area contributed by atoms with Gasteiger partial charge in [-0.05, 0) is 38.1 Å². The Morgan fingerprint density at radius 3 is 2.65 bits per heavy atom. The van der Waals surface area contributed by atoms with Crippen LogP contribution in [0.25, 0.3) is 0 Å². The van der Waals surface area contributed by atoms with E-state index in [9.17, 15) is 4.79 Å². The average Bonchev–Trinajstić information content (AvgIpc) is 2.29. The molecule has 4 N–H and O–H groups in total. The molecule has 1 unspecified atom stereocenters. The first kappa shape index (κ1) is 13.3. The SMILES string of the molecule is CCOCC(C)NC(=O)Nc1ccc(N)cc1. The van der Waals surface area contributed by atoms with Crippen LogP contribution >= 0.6 is 0 Å². The van der Waals surface area contributed by atoms with Gasteiger partial charge in [0.25, 0.3) is 0 Å². The summed E-state index contributed by atoms with van der Waals surface area (Å²) in [4.78, 5) is 11.6. The van der Waals surface area contributed by atoms with Crippen molar-refractivity contribution in [3.63, 3.8) is 0 Å². The summed E-state index contributed by atoms with van der Waals surface area (Å²) in [6.07, 6.45) is 0. The normalized spacial score (nSPS) is 11.9. The lowest BCUT2D eigenvalue weighted by molar-refractivity contribution is 0.129. The summed E-state index contributed by atoms with van der Waals surface area (Å²) in [5.41, 5.74) is 6.92. The number of carbonyl (C=O) groups excluding carboxylic acids is 1. The van der Waals surface area contributed by atoms with Crippen LogP contribution in [0.2, 0.25) is 0 Å². The number of amides is 2. The monoisotopic (exact) mass is 237 g/mol. The van der Waals surface area contributed by atoms with Crippen LogP contribution in [-0.2, 0) is 4.74 Å². The summed E-state index contributed by atoms with van der Waals surface area (Å²) in [5, 5.41) is 5.49. The summed E-state index contributed by atoms with van der Waals surface area (Å²) in [6, 6.07) is 6.70. The molecule has 5 heteroatoms. The maximum Gasteiger partial charge on any atom is 0.319 e. The molecule has 5 nitrogen and oxygen atoms in total. The number of nitrogens with two attached hydrogens (primary N) is 1. The molecule has 0 aliphatic carbocycles. The van der Waals surface area contributed by atoms with Crippen LogP contribution in [0.15, 0.2) is 24.3 Å². The van der Waals surface area contributed by atoms with E-state index in [0.29, 0.717) is 24.6 Å². The largest absolute Gasteiger partial charge is 0.399 e. The predicted octanol–water partition coefficient (Wildman–Crippen LogP) is 1.82. The minimum absolute atomic E-state index is 0.0243. The van der Waals surface area contributed by atoms with E-state index in [1.54, 1.807) is 24.3 Å². The molecule has 0 heterocycles. The highest BCUT2D eigenvalue weighted by Gasteiger charge is 2.06. The molecule has 0 spiro atoms. The highest BCUT2D eigenvalue weighted by molar-refractivity contribution is 5.89. The molecular weight excluding hydrogens is 218 g/mol. The Morgan fingerprint density at radius 2 is 2.06 bits per heavy atom. The lowest BCUT2D eigenvalue weighted by Crippen LogP contribution is -2.38. The molecule has 1 aromatic rings. The molecule has 0 saturated carbocycles. The first-order valence-electron chi connectivity index (χ1n) is 5.62. The summed E-state index contributed by atoms with van der Waals surface area (Å²) < 4.78 is 5.20. The zero-order valence-electron chi connectivity index (χ0n) is 10.2. The van der Waals surface area contributed by atoms with Crippen molar-refractivity contribution >= 4 is 17.4 Å². The number of hydrogen-bond donors (Lipinski definition) is 3. The number of anilines is 2. The van der Waals surface area contributed by atoms with Crippen molar-refractivity contribution in [3.05, 3.63) is 24.3 Å². The summed E-state index contributed by atoms with van der Waals surface area (Å²) in [5.74, 6) is 0. The Balaban J connectivity index is 2.36. The second-order valence-corrected chi connectivity index (χ2v) is 3.78. The van der Waals surface area contributed by atoms with E-state index in [1.807, 2.05) is 13.8 Å². The third kappa shape index (κ3) is 5.21. The Bertz CT molecular complexity index is 351. The van der Waals surface area contributed by atoms with Crippen LogP contribution in [0.4, 0.5) is 16.2 Å². The summed E-state index contributed by atoms with van der Waals surface area (Å²) in [7, 11) is 0. The molecule has 0 aliphatic rings. The van der Waals surface area contributed by atoms with Gasteiger partial charge in [-0.25, -0.2) is 4.79 Å². The number of nitrogen functional groups attached to an aromatic ring is 1. The first-order valence-corrected chi connectivity index (χ1v) is 5.62. The van der Waals surface area contributed by atoms with Gasteiger partial charge in [0.15, 0.2) is 0 Å². The highest BCUT2D eigenvalue weighted by atomic mass is 16.5. The van der Waals surface area contributed by atoms with Crippen molar-refractivity contribution in [3.8, 4) is 0 Å². The minimum Gasteiger partial charge on any atom is -0.399 e. The van der Waals surface area contributed by atoms with E-state index in [-0.39, 0.29) is 12.1 Å². The molecule has 0 aliphatic heterocycles. The van der Waals surface area contributed by atoms with Crippen LogP contribution in [0.1, 0.15) is 13.8 Å². The van der Waals surface area contributed by atoms with Crippen LogP contribution in [0.3, 0.4) is 0 Å². The third-order valence-corrected chi connectivity index (χ3v) is 2.12. The quantitative estimate of drug-likeness (QED) is 0.684. The van der Waals surface area contributed by atoms with Crippen LogP contribution in [0.5, 0.6) is 0 Å². The average molecular weight is 237 g/mol. The molecule has 0 bridgehead atoms. The zero-order chi connectivity index (χ0) is 12.7. The maximum absolute atomic E-state index is 11.6. The Morgan fingerprint density at radius 1 is 1.41 bits per heavy atom. The van der Waals surface area contributed by atoms with E-state index < -0.39 is 0 Å². The second kappa shape index (κ2) is 6.75. The van der Waals surface area contributed by atoms with Crippen LogP contribution in [-0.4, -0.2) is 25.3 Å². The molecule has 0 radical (unpaired) electrons. The van der Waals surface area contributed by atoms with Gasteiger partial charge in [-0.1, -0.05) is 0 Å². The summed E-state index contributed by atoms with van der Waals surface area (Å²) in [6.45, 7) is 4.96. The van der Waals surface area contributed by atoms with E-state index in [0.717, 1.165) is 0 Å². The fraction of sp³-hybridized carbons (Fsp3) is 0.417. The number of benzene rings is 1. The molecule has 94 valence electrons. The van der Waals surface area contributed by atoms with Crippen molar-refractivity contribution in [2.24, 2.45) is 0 Å². The van der Waals surface area contributed by atoms with E-state index in [4.69, 9.17) is 10.5 Å². The molecule has 17 heavy (non-hydrogen) atoms. The number of carbonyl (C=O) groups is 1. The first-order chi connectivity index (χ1) is 8.11. The topological polar surface area (TPSA) is 76.4 Å². The molecular formula is C12H19N3O2. The van der Waals surface area contributed by atoms with Gasteiger partial charge in [0.1, 0.15) is 0 Å². The van der Waals surface area contributed by atoms with Crippen molar-refractivity contribution in [1.82, 2.24) is 5.32 Å². The standard InChI is InChI=1S/C12H19N3O2/c1-3-17-8-9(2)14-12(16)15-11-6-4-10(13)5-7-11/h4-7,9H,3,8,13H2,1-2H3,(H2,14,15,16). The van der Waals surface area contributed by atoms with E-state index >= 15 is 0 Å². The van der Waals surface area contributed by atoms with Crippen molar-refractivity contribution in [2.45, 2.75) is 19.9 Å². The number of nitrogens with one attached hydrogen (secondary N) is 2. The lowest BCUT2D eigenvalue weighted by Gasteiger charge is -2.14. The van der Waals surface area contributed by atoms with Crippen molar-refractivity contribution < 1.29 is 9.53 Å². The number of hydrogen-bond acceptors (Lipinski definition) is 3. The smallest absolute Gasteiger partial charge is 0.319 e. The van der Waals surface area contributed by atoms with Crippen LogP contribution < -0.4 is 16.4 Å². The molecule has 2 amide bonds. The Kier molecular flexibility index (Phi) is 5.29. The number of ether oxygens (including phenoxy) is 1. The zero-order valence-corrected chi connectivity index (χ0v) is 10.2. The molecule has 0 aromatic heterocycles. The predicted molar refractivity (Wildman–Crippen MR) is 69.0 cm³/mol. The van der Waals surface area contributed by atoms with Crippen molar-refractivity contribution in [1.29, 1.82) is 0 Å². The molecule has 0 saturated heterocycles. The highest BCUT2D eigenvalue weighted by Crippen LogP contribution is 2.09. The van der Waals surface area contributed by atoms with Gasteiger partial charge in [0.05, 0.1) is 12.6 Å². The van der Waals surface area contributed by atoms with Gasteiger partial charge >= 0.3 is 6.03 Å². The Hall–Kier alpha value is -1.75. The van der Waals surface area contributed by atoms with Crippen molar-refractivity contribution in [2.75, 3.05) is 24.3 Å². The Labute approximate surface area is 101 Å². The third-order valence-electron chi connectivity index (χ3n) is 2.12. The molecule has 1 rings (SSSR count). The van der Waals surface area contributed by atoms with Gasteiger partial charge in [-0.2, -0.15) is 0 Å². The van der Waals surface area contributed by atoms with Gasteiger partial charge < -0.3 is 21.1 Å². The fourth-order valence-electron chi connectivity index (χ4n) is 1.29. The van der Waals surface area contributed by atoms with Gasteiger partial charge in [0.2, 0.25) is 0 Å². The number of rotatable bonds is 5. The minimum atomic E-state index is -0.248. The molecule has 1 atom stereocenters. The van der Waals surface area contributed by atoms with Crippen LogP contribution in [0, 0.1) is 0 Å². The number of urea groups is 1. The molecule has 1 aromatic carbocycles. The summed E-state index contributed by atoms with van der Waals surface area (Å²) >= 11 is 0. The molecule has 0 fully saturated rings. The van der Waals surface area contributed by atoms with E-state index in [2.05, 4.69) is 10.6 Å². The fourth-order valence-corrected chi connectivity index (χ4v) is 1.29. The van der Waals surface area contributed by atoms with Gasteiger partial charge in [0, 0.05) is 18.0 Å².